The van der Waals surface area contributed by atoms with Crippen molar-refractivity contribution in [2.45, 2.75) is 4.90 Å². The summed E-state index contributed by atoms with van der Waals surface area (Å²) in [5, 5.41) is 0. The van der Waals surface area contributed by atoms with Crippen LogP contribution in [0.5, 0.6) is 0 Å². The van der Waals surface area contributed by atoms with E-state index in [1.165, 1.54) is 18.5 Å². The van der Waals surface area contributed by atoms with Gasteiger partial charge in [-0.3, -0.25) is 9.71 Å². The zero-order valence-electron chi connectivity index (χ0n) is 8.97. The van der Waals surface area contributed by atoms with Crippen LogP contribution >= 0.6 is 31.9 Å². The number of nitrogens with one attached hydrogen (secondary N) is 1. The Bertz CT molecular complexity index is 674. The van der Waals surface area contributed by atoms with Gasteiger partial charge >= 0.3 is 0 Å². The highest BCUT2D eigenvalue weighted by Crippen LogP contribution is 2.26. The van der Waals surface area contributed by atoms with Gasteiger partial charge in [0.25, 0.3) is 10.0 Å². The smallest absolute Gasteiger partial charge is 0.263 e. The minimum Gasteiger partial charge on any atom is -0.278 e. The van der Waals surface area contributed by atoms with Crippen molar-refractivity contribution >= 4 is 47.6 Å². The molecule has 2 rings (SSSR count). The first-order chi connectivity index (χ1) is 8.50. The van der Waals surface area contributed by atoms with Gasteiger partial charge in [-0.1, -0.05) is 12.1 Å². The number of halogens is 2. The number of hydrogen-bond acceptors (Lipinski definition) is 3. The van der Waals surface area contributed by atoms with Gasteiger partial charge in [-0.25, -0.2) is 8.42 Å². The SMILES string of the molecule is O=S(=O)(Nc1ccncc1Br)c1ccccc1Br. The summed E-state index contributed by atoms with van der Waals surface area (Å²) in [5.74, 6) is 0. The summed E-state index contributed by atoms with van der Waals surface area (Å²) in [6.45, 7) is 0. The Morgan fingerprint density at radius 3 is 2.44 bits per heavy atom. The minimum atomic E-state index is -3.62. The van der Waals surface area contributed by atoms with Crippen molar-refractivity contribution in [1.29, 1.82) is 0 Å². The summed E-state index contributed by atoms with van der Waals surface area (Å²) in [4.78, 5) is 4.06. The van der Waals surface area contributed by atoms with Crippen LogP contribution in [0.25, 0.3) is 0 Å². The summed E-state index contributed by atoms with van der Waals surface area (Å²) >= 11 is 6.46. The zero-order chi connectivity index (χ0) is 13.2. The Hall–Kier alpha value is -0.920. The molecule has 0 aliphatic rings. The van der Waals surface area contributed by atoms with Crippen LogP contribution in [0.3, 0.4) is 0 Å². The largest absolute Gasteiger partial charge is 0.278 e. The molecule has 1 heterocycles. The molecule has 7 heteroatoms. The Balaban J connectivity index is 2.40. The van der Waals surface area contributed by atoms with Crippen molar-refractivity contribution < 1.29 is 8.42 Å². The second-order valence-electron chi connectivity index (χ2n) is 3.39. The first-order valence-corrected chi connectivity index (χ1v) is 7.94. The number of pyridine rings is 1. The number of rotatable bonds is 3. The fourth-order valence-electron chi connectivity index (χ4n) is 1.32. The van der Waals surface area contributed by atoms with Crippen LogP contribution in [-0.2, 0) is 10.0 Å². The molecule has 0 saturated heterocycles. The van der Waals surface area contributed by atoms with Gasteiger partial charge in [-0.05, 0) is 50.1 Å². The molecule has 2 aromatic rings. The maximum Gasteiger partial charge on any atom is 0.263 e. The number of nitrogens with zero attached hydrogens (tertiary/aromatic N) is 1. The van der Waals surface area contributed by atoms with Crippen molar-refractivity contribution in [2.75, 3.05) is 4.72 Å². The lowest BCUT2D eigenvalue weighted by Crippen LogP contribution is -2.13. The van der Waals surface area contributed by atoms with E-state index in [9.17, 15) is 8.42 Å². The average Bonchev–Trinajstić information content (AvgIpc) is 2.32. The summed E-state index contributed by atoms with van der Waals surface area (Å²) in [5.41, 5.74) is 0.445. The molecule has 0 atom stereocenters. The van der Waals surface area contributed by atoms with Crippen LogP contribution < -0.4 is 4.72 Å². The molecule has 94 valence electrons. The summed E-state index contributed by atoms with van der Waals surface area (Å²) in [6, 6.07) is 8.21. The predicted molar refractivity (Wildman–Crippen MR) is 76.9 cm³/mol. The van der Waals surface area contributed by atoms with Crippen molar-refractivity contribution in [2.24, 2.45) is 0 Å². The Morgan fingerprint density at radius 2 is 1.78 bits per heavy atom. The second kappa shape index (κ2) is 5.38. The van der Waals surface area contributed by atoms with Gasteiger partial charge in [0.2, 0.25) is 0 Å². The summed E-state index contributed by atoms with van der Waals surface area (Å²) in [7, 11) is -3.62. The van der Waals surface area contributed by atoms with Gasteiger partial charge in [-0.15, -0.1) is 0 Å². The Morgan fingerprint density at radius 1 is 1.06 bits per heavy atom. The highest BCUT2D eigenvalue weighted by molar-refractivity contribution is 9.11. The molecular weight excluding hydrogens is 384 g/mol. The van der Waals surface area contributed by atoms with Crippen molar-refractivity contribution in [3.05, 3.63) is 51.7 Å². The maximum absolute atomic E-state index is 12.2. The number of hydrogen-bond donors (Lipinski definition) is 1. The molecule has 0 saturated carbocycles. The Labute approximate surface area is 122 Å². The molecule has 4 nitrogen and oxygen atoms in total. The topological polar surface area (TPSA) is 59.1 Å². The molecule has 0 amide bonds. The van der Waals surface area contributed by atoms with Gasteiger partial charge in [0.1, 0.15) is 4.90 Å². The van der Waals surface area contributed by atoms with Gasteiger partial charge in [0.05, 0.1) is 10.2 Å². The molecule has 0 spiro atoms. The highest BCUT2D eigenvalue weighted by Gasteiger charge is 2.18. The molecule has 0 bridgehead atoms. The molecule has 18 heavy (non-hydrogen) atoms. The van der Waals surface area contributed by atoms with Gasteiger partial charge < -0.3 is 0 Å². The van der Waals surface area contributed by atoms with Crippen molar-refractivity contribution in [3.8, 4) is 0 Å². The molecule has 1 N–H and O–H groups in total. The molecule has 0 fully saturated rings. The van der Waals surface area contributed by atoms with Gasteiger partial charge in [0, 0.05) is 16.9 Å². The van der Waals surface area contributed by atoms with E-state index in [0.29, 0.717) is 14.6 Å². The van der Waals surface area contributed by atoms with Crippen LogP contribution in [0.15, 0.2) is 56.6 Å². The third-order valence-electron chi connectivity index (χ3n) is 2.14. The standard InChI is InChI=1S/C11H8Br2N2O2S/c12-8-3-1-2-4-11(8)18(16,17)15-10-5-6-14-7-9(10)13/h1-7H,(H,14,15). The molecule has 0 radical (unpaired) electrons. The van der Waals surface area contributed by atoms with E-state index >= 15 is 0 Å². The number of anilines is 1. The van der Waals surface area contributed by atoms with Crippen LogP contribution in [-0.4, -0.2) is 13.4 Å². The van der Waals surface area contributed by atoms with E-state index < -0.39 is 10.0 Å². The summed E-state index contributed by atoms with van der Waals surface area (Å²) < 4.78 is 28.0. The zero-order valence-corrected chi connectivity index (χ0v) is 13.0. The minimum absolute atomic E-state index is 0.189. The van der Waals surface area contributed by atoms with E-state index in [2.05, 4.69) is 41.6 Å². The monoisotopic (exact) mass is 390 g/mol. The summed E-state index contributed by atoms with van der Waals surface area (Å²) in [6.07, 6.45) is 3.04. The van der Waals surface area contributed by atoms with Crippen LogP contribution in [0.4, 0.5) is 5.69 Å². The van der Waals surface area contributed by atoms with Crippen LogP contribution in [0, 0.1) is 0 Å². The number of benzene rings is 1. The highest BCUT2D eigenvalue weighted by atomic mass is 79.9. The molecule has 0 unspecified atom stereocenters. The lowest BCUT2D eigenvalue weighted by atomic mass is 10.4. The molecule has 1 aromatic carbocycles. The molecule has 0 aliphatic heterocycles. The van der Waals surface area contributed by atoms with Gasteiger partial charge in [0.15, 0.2) is 0 Å². The van der Waals surface area contributed by atoms with E-state index in [4.69, 9.17) is 0 Å². The van der Waals surface area contributed by atoms with Crippen LogP contribution in [0.2, 0.25) is 0 Å². The van der Waals surface area contributed by atoms with Crippen LogP contribution in [0.1, 0.15) is 0 Å². The lowest BCUT2D eigenvalue weighted by Gasteiger charge is -2.10. The second-order valence-corrected chi connectivity index (χ2v) is 6.75. The third-order valence-corrected chi connectivity index (χ3v) is 5.15. The van der Waals surface area contributed by atoms with E-state index in [1.54, 1.807) is 24.3 Å². The van der Waals surface area contributed by atoms with E-state index in [0.717, 1.165) is 0 Å². The number of aromatic nitrogens is 1. The molecular formula is C11H8Br2N2O2S. The van der Waals surface area contributed by atoms with Gasteiger partial charge in [-0.2, -0.15) is 0 Å². The fourth-order valence-corrected chi connectivity index (χ4v) is 3.89. The normalized spacial score (nSPS) is 11.2. The quantitative estimate of drug-likeness (QED) is 0.872. The maximum atomic E-state index is 12.2. The molecule has 1 aromatic heterocycles. The van der Waals surface area contributed by atoms with Crippen molar-refractivity contribution in [1.82, 2.24) is 4.98 Å². The van der Waals surface area contributed by atoms with Crippen molar-refractivity contribution in [3.63, 3.8) is 0 Å². The number of sulfonamides is 1. The van der Waals surface area contributed by atoms with E-state index in [1.807, 2.05) is 0 Å². The first kappa shape index (κ1) is 13.5. The fraction of sp³-hybridized carbons (Fsp3) is 0. The Kier molecular flexibility index (Phi) is 4.04. The molecule has 0 aliphatic carbocycles. The third kappa shape index (κ3) is 2.90. The first-order valence-electron chi connectivity index (χ1n) is 4.87. The van der Waals surface area contributed by atoms with E-state index in [-0.39, 0.29) is 4.90 Å². The lowest BCUT2D eigenvalue weighted by molar-refractivity contribution is 0.600. The average molecular weight is 392 g/mol. The predicted octanol–water partition coefficient (Wildman–Crippen LogP) is 3.41.